The van der Waals surface area contributed by atoms with Gasteiger partial charge in [-0.2, -0.15) is 0 Å². The van der Waals surface area contributed by atoms with Crippen molar-refractivity contribution in [2.45, 2.75) is 25.7 Å². The van der Waals surface area contributed by atoms with Crippen LogP contribution in [-0.4, -0.2) is 38.1 Å². The minimum atomic E-state index is -0.216. The summed E-state index contributed by atoms with van der Waals surface area (Å²) < 4.78 is 5.62. The zero-order valence-electron chi connectivity index (χ0n) is 15.7. The lowest BCUT2D eigenvalue weighted by Gasteiger charge is -2.12. The van der Waals surface area contributed by atoms with E-state index in [2.05, 4.69) is 25.1 Å². The molecule has 136 valence electrons. The number of benzene rings is 3. The standard InChI is InChI=1S/C23H27NO2/c1-24(2)15-9-3-4-10-16-26-23(25)22-20-13-7-5-11-18(20)17-19-12-6-8-14-21(19)22/h5-8,11-14,17H,3-4,9-10,15-16H2,1-2H3. The number of nitrogens with zero attached hydrogens (tertiary/aromatic N) is 1. The number of carbonyl (C=O) groups is 1. The second-order valence-electron chi connectivity index (χ2n) is 7.05. The Bertz CT molecular complexity index is 832. The molecule has 0 aliphatic heterocycles. The van der Waals surface area contributed by atoms with E-state index < -0.39 is 0 Å². The van der Waals surface area contributed by atoms with Gasteiger partial charge in [0.15, 0.2) is 0 Å². The maximum absolute atomic E-state index is 12.8. The molecule has 0 amide bonds. The van der Waals surface area contributed by atoms with Gasteiger partial charge in [-0.25, -0.2) is 4.79 Å². The van der Waals surface area contributed by atoms with E-state index in [0.29, 0.717) is 12.2 Å². The SMILES string of the molecule is CN(C)CCCCCCOC(=O)c1c2ccccc2cc2ccccc12. The Kier molecular flexibility index (Phi) is 6.24. The zero-order valence-corrected chi connectivity index (χ0v) is 15.7. The van der Waals surface area contributed by atoms with Gasteiger partial charge in [-0.05, 0) is 61.1 Å². The second kappa shape index (κ2) is 8.81. The summed E-state index contributed by atoms with van der Waals surface area (Å²) in [6, 6.07) is 18.2. The van der Waals surface area contributed by atoms with Gasteiger partial charge >= 0.3 is 5.97 Å². The number of hydrogen-bond acceptors (Lipinski definition) is 3. The van der Waals surface area contributed by atoms with Crippen molar-refractivity contribution in [1.29, 1.82) is 0 Å². The zero-order chi connectivity index (χ0) is 18.4. The Hall–Kier alpha value is -2.39. The van der Waals surface area contributed by atoms with E-state index in [-0.39, 0.29) is 5.97 Å². The van der Waals surface area contributed by atoms with Gasteiger partial charge < -0.3 is 9.64 Å². The van der Waals surface area contributed by atoms with E-state index >= 15 is 0 Å². The molecule has 0 aliphatic rings. The lowest BCUT2D eigenvalue weighted by Crippen LogP contribution is -2.12. The normalized spacial score (nSPS) is 11.3. The topological polar surface area (TPSA) is 29.5 Å². The monoisotopic (exact) mass is 349 g/mol. The quantitative estimate of drug-likeness (QED) is 0.315. The van der Waals surface area contributed by atoms with Crippen LogP contribution < -0.4 is 0 Å². The Balaban J connectivity index is 1.69. The van der Waals surface area contributed by atoms with Crippen molar-refractivity contribution in [1.82, 2.24) is 4.90 Å². The summed E-state index contributed by atoms with van der Waals surface area (Å²) in [6.45, 7) is 1.60. The third kappa shape index (κ3) is 4.41. The fourth-order valence-corrected chi connectivity index (χ4v) is 3.35. The first-order chi connectivity index (χ1) is 12.7. The average molecular weight is 349 g/mol. The van der Waals surface area contributed by atoms with Crippen molar-refractivity contribution in [3.05, 3.63) is 60.2 Å². The summed E-state index contributed by atoms with van der Waals surface area (Å²) in [5, 5.41) is 4.06. The van der Waals surface area contributed by atoms with Gasteiger partial charge in [0.1, 0.15) is 0 Å². The Morgan fingerprint density at radius 2 is 1.42 bits per heavy atom. The van der Waals surface area contributed by atoms with Gasteiger partial charge in [0.2, 0.25) is 0 Å². The molecule has 0 unspecified atom stereocenters. The molecule has 0 N–H and O–H groups in total. The van der Waals surface area contributed by atoms with Crippen LogP contribution in [0.2, 0.25) is 0 Å². The summed E-state index contributed by atoms with van der Waals surface area (Å²) in [6.07, 6.45) is 4.38. The highest BCUT2D eigenvalue weighted by Gasteiger charge is 2.15. The van der Waals surface area contributed by atoms with Crippen LogP contribution in [0.4, 0.5) is 0 Å². The fourth-order valence-electron chi connectivity index (χ4n) is 3.35. The molecule has 3 nitrogen and oxygen atoms in total. The third-order valence-electron chi connectivity index (χ3n) is 4.71. The molecule has 0 aromatic heterocycles. The predicted octanol–water partition coefficient (Wildman–Crippen LogP) is 5.27. The summed E-state index contributed by atoms with van der Waals surface area (Å²) in [4.78, 5) is 15.0. The average Bonchev–Trinajstić information content (AvgIpc) is 2.64. The van der Waals surface area contributed by atoms with E-state index in [9.17, 15) is 4.79 Å². The largest absolute Gasteiger partial charge is 0.462 e. The Morgan fingerprint density at radius 3 is 2.04 bits per heavy atom. The first kappa shape index (κ1) is 18.4. The van der Waals surface area contributed by atoms with Crippen LogP contribution in [0.3, 0.4) is 0 Å². The molecule has 3 aromatic rings. The molecule has 26 heavy (non-hydrogen) atoms. The van der Waals surface area contributed by atoms with Crippen molar-refractivity contribution < 1.29 is 9.53 Å². The van der Waals surface area contributed by atoms with Gasteiger partial charge in [0.05, 0.1) is 12.2 Å². The molecule has 0 fully saturated rings. The summed E-state index contributed by atoms with van der Waals surface area (Å²) in [5.74, 6) is -0.216. The van der Waals surface area contributed by atoms with Crippen LogP contribution in [0.1, 0.15) is 36.0 Å². The number of fused-ring (bicyclic) bond motifs is 2. The minimum Gasteiger partial charge on any atom is -0.462 e. The number of ether oxygens (including phenoxy) is 1. The molecule has 0 bridgehead atoms. The maximum Gasteiger partial charge on any atom is 0.339 e. The van der Waals surface area contributed by atoms with Gasteiger partial charge in [-0.3, -0.25) is 0 Å². The number of rotatable bonds is 8. The summed E-state index contributed by atoms with van der Waals surface area (Å²) in [5.41, 5.74) is 0.686. The Labute approximate surface area is 155 Å². The number of hydrogen-bond donors (Lipinski definition) is 0. The second-order valence-corrected chi connectivity index (χ2v) is 7.05. The van der Waals surface area contributed by atoms with Crippen molar-refractivity contribution in [3.63, 3.8) is 0 Å². The Morgan fingerprint density at radius 1 is 0.846 bits per heavy atom. The maximum atomic E-state index is 12.8. The van der Waals surface area contributed by atoms with Gasteiger partial charge in [0, 0.05) is 0 Å². The number of unbranched alkanes of at least 4 members (excludes halogenated alkanes) is 3. The van der Waals surface area contributed by atoms with Crippen LogP contribution in [0.5, 0.6) is 0 Å². The molecule has 0 saturated carbocycles. The van der Waals surface area contributed by atoms with Crippen LogP contribution in [0.25, 0.3) is 21.5 Å². The van der Waals surface area contributed by atoms with Crippen molar-refractivity contribution in [2.75, 3.05) is 27.2 Å². The minimum absolute atomic E-state index is 0.216. The molecular formula is C23H27NO2. The molecule has 0 radical (unpaired) electrons. The molecule has 0 aliphatic carbocycles. The van der Waals surface area contributed by atoms with E-state index in [1.54, 1.807) is 0 Å². The first-order valence-electron chi connectivity index (χ1n) is 9.39. The molecule has 0 saturated heterocycles. The molecule has 3 heteroatoms. The van der Waals surface area contributed by atoms with Crippen LogP contribution in [-0.2, 0) is 4.74 Å². The number of esters is 1. The van der Waals surface area contributed by atoms with Crippen molar-refractivity contribution in [3.8, 4) is 0 Å². The fraction of sp³-hybridized carbons (Fsp3) is 0.348. The predicted molar refractivity (Wildman–Crippen MR) is 109 cm³/mol. The van der Waals surface area contributed by atoms with E-state index in [0.717, 1.165) is 40.9 Å². The molecule has 3 aromatic carbocycles. The highest BCUT2D eigenvalue weighted by molar-refractivity contribution is 6.16. The summed E-state index contributed by atoms with van der Waals surface area (Å²) >= 11 is 0. The van der Waals surface area contributed by atoms with Gasteiger partial charge in [0.25, 0.3) is 0 Å². The van der Waals surface area contributed by atoms with Crippen LogP contribution in [0, 0.1) is 0 Å². The van der Waals surface area contributed by atoms with Gasteiger partial charge in [-0.15, -0.1) is 0 Å². The van der Waals surface area contributed by atoms with E-state index in [1.165, 1.54) is 12.8 Å². The molecular weight excluding hydrogens is 322 g/mol. The van der Waals surface area contributed by atoms with Crippen LogP contribution >= 0.6 is 0 Å². The summed E-state index contributed by atoms with van der Waals surface area (Å²) in [7, 11) is 4.19. The van der Waals surface area contributed by atoms with Crippen molar-refractivity contribution >= 4 is 27.5 Å². The molecule has 0 spiro atoms. The lowest BCUT2D eigenvalue weighted by atomic mass is 9.97. The van der Waals surface area contributed by atoms with E-state index in [4.69, 9.17) is 4.74 Å². The number of carbonyl (C=O) groups excluding carboxylic acids is 1. The molecule has 3 rings (SSSR count). The highest BCUT2D eigenvalue weighted by atomic mass is 16.5. The lowest BCUT2D eigenvalue weighted by molar-refractivity contribution is 0.0502. The smallest absolute Gasteiger partial charge is 0.339 e. The first-order valence-corrected chi connectivity index (χ1v) is 9.39. The highest BCUT2D eigenvalue weighted by Crippen LogP contribution is 2.29. The van der Waals surface area contributed by atoms with E-state index in [1.807, 2.05) is 48.5 Å². The van der Waals surface area contributed by atoms with Crippen LogP contribution in [0.15, 0.2) is 54.6 Å². The van der Waals surface area contributed by atoms with Crippen molar-refractivity contribution in [2.24, 2.45) is 0 Å². The third-order valence-corrected chi connectivity index (χ3v) is 4.71. The van der Waals surface area contributed by atoms with Gasteiger partial charge in [-0.1, -0.05) is 61.4 Å². The molecule has 0 heterocycles. The molecule has 0 atom stereocenters.